The van der Waals surface area contributed by atoms with Crippen LogP contribution in [0.1, 0.15) is 51.4 Å². The van der Waals surface area contributed by atoms with E-state index in [1.165, 1.54) is 44.9 Å². The van der Waals surface area contributed by atoms with Gasteiger partial charge in [0.2, 0.25) is 0 Å². The van der Waals surface area contributed by atoms with Crippen molar-refractivity contribution in [3.8, 4) is 0 Å². The number of aromatic nitrogens is 1. The molecule has 1 aromatic heterocycles. The first kappa shape index (κ1) is 16.2. The van der Waals surface area contributed by atoms with Crippen LogP contribution in [0, 0.1) is 5.92 Å². The van der Waals surface area contributed by atoms with Gasteiger partial charge in [0.05, 0.1) is 0 Å². The maximum Gasteiger partial charge on any atom is 0.185 e. The summed E-state index contributed by atoms with van der Waals surface area (Å²) in [6.45, 7) is 2.51. The van der Waals surface area contributed by atoms with E-state index in [-0.39, 0.29) is 0 Å². The molecule has 1 aliphatic carbocycles. The van der Waals surface area contributed by atoms with Crippen molar-refractivity contribution >= 4 is 16.5 Å². The van der Waals surface area contributed by atoms with Gasteiger partial charge in [-0.2, -0.15) is 0 Å². The fraction of sp³-hybridized carbons (Fsp3) is 0.824. The smallest absolute Gasteiger partial charge is 0.185 e. The Bertz CT molecular complexity index is 412. The molecule has 5 heteroatoms. The van der Waals surface area contributed by atoms with Gasteiger partial charge in [0.1, 0.15) is 0 Å². The fourth-order valence-corrected chi connectivity index (χ4v) is 4.74. The summed E-state index contributed by atoms with van der Waals surface area (Å²) in [5.41, 5.74) is 0. The van der Waals surface area contributed by atoms with E-state index in [2.05, 4.69) is 20.6 Å². The van der Waals surface area contributed by atoms with Gasteiger partial charge in [-0.3, -0.25) is 0 Å². The van der Waals surface area contributed by atoms with Gasteiger partial charge in [0, 0.05) is 43.4 Å². The highest BCUT2D eigenvalue weighted by Gasteiger charge is 2.27. The molecule has 1 saturated carbocycles. The summed E-state index contributed by atoms with van der Waals surface area (Å²) < 4.78 is 0. The van der Waals surface area contributed by atoms with Gasteiger partial charge in [-0.15, -0.1) is 11.3 Å². The van der Waals surface area contributed by atoms with E-state index in [4.69, 9.17) is 0 Å². The van der Waals surface area contributed by atoms with E-state index in [9.17, 15) is 5.11 Å². The molecule has 2 N–H and O–H groups in total. The van der Waals surface area contributed by atoms with E-state index in [0.717, 1.165) is 30.6 Å². The fourth-order valence-electron chi connectivity index (χ4n) is 4.04. The summed E-state index contributed by atoms with van der Waals surface area (Å²) in [5, 5.41) is 16.5. The lowest BCUT2D eigenvalue weighted by molar-refractivity contribution is 0.189. The second-order valence-electron chi connectivity index (χ2n) is 6.76. The lowest BCUT2D eigenvalue weighted by atomic mass is 9.82. The topological polar surface area (TPSA) is 48.4 Å². The van der Waals surface area contributed by atoms with Crippen LogP contribution in [-0.2, 0) is 0 Å². The Morgan fingerprint density at radius 3 is 2.64 bits per heavy atom. The standard InChI is InChI=1S/C17H29N3OS/c21-12-8-16(14-4-2-1-3-5-14)19-15-6-10-20(11-7-15)17-18-9-13-22-17/h9,13-16,19,21H,1-8,10-12H2. The van der Waals surface area contributed by atoms with E-state index in [1.807, 2.05) is 6.20 Å². The third kappa shape index (κ3) is 4.21. The average molecular weight is 324 g/mol. The molecule has 2 heterocycles. The number of anilines is 1. The van der Waals surface area contributed by atoms with Crippen molar-refractivity contribution in [2.24, 2.45) is 5.92 Å². The molecule has 1 aliphatic heterocycles. The van der Waals surface area contributed by atoms with Crippen molar-refractivity contribution in [1.29, 1.82) is 0 Å². The van der Waals surface area contributed by atoms with Gasteiger partial charge >= 0.3 is 0 Å². The molecule has 124 valence electrons. The maximum atomic E-state index is 9.41. The number of piperidine rings is 1. The monoisotopic (exact) mass is 323 g/mol. The zero-order chi connectivity index (χ0) is 15.2. The minimum absolute atomic E-state index is 0.312. The van der Waals surface area contributed by atoms with Crippen molar-refractivity contribution < 1.29 is 5.11 Å². The molecular weight excluding hydrogens is 294 g/mol. The van der Waals surface area contributed by atoms with Crippen LogP contribution in [-0.4, -0.2) is 41.9 Å². The van der Waals surface area contributed by atoms with Crippen LogP contribution in [0.15, 0.2) is 11.6 Å². The minimum atomic E-state index is 0.312. The molecule has 0 aromatic carbocycles. The highest BCUT2D eigenvalue weighted by atomic mass is 32.1. The van der Waals surface area contributed by atoms with Crippen LogP contribution in [0.2, 0.25) is 0 Å². The summed E-state index contributed by atoms with van der Waals surface area (Å²) in [6, 6.07) is 1.12. The third-order valence-corrected chi connectivity index (χ3v) is 6.13. The minimum Gasteiger partial charge on any atom is -0.396 e. The van der Waals surface area contributed by atoms with Crippen molar-refractivity contribution in [1.82, 2.24) is 10.3 Å². The van der Waals surface area contributed by atoms with E-state index < -0.39 is 0 Å². The van der Waals surface area contributed by atoms with Crippen molar-refractivity contribution in [3.63, 3.8) is 0 Å². The Morgan fingerprint density at radius 1 is 1.23 bits per heavy atom. The molecule has 22 heavy (non-hydrogen) atoms. The number of rotatable bonds is 6. The lowest BCUT2D eigenvalue weighted by Gasteiger charge is -2.37. The van der Waals surface area contributed by atoms with Gasteiger partial charge in [0.25, 0.3) is 0 Å². The van der Waals surface area contributed by atoms with Crippen molar-refractivity contribution in [2.45, 2.75) is 63.5 Å². The Hall–Kier alpha value is -0.650. The van der Waals surface area contributed by atoms with Gasteiger partial charge in [-0.1, -0.05) is 19.3 Å². The summed E-state index contributed by atoms with van der Waals surface area (Å²) in [5.74, 6) is 0.776. The van der Waals surface area contributed by atoms with E-state index in [1.54, 1.807) is 11.3 Å². The summed E-state index contributed by atoms with van der Waals surface area (Å²) in [4.78, 5) is 6.83. The van der Waals surface area contributed by atoms with Crippen molar-refractivity contribution in [2.75, 3.05) is 24.6 Å². The molecule has 1 aromatic rings. The molecule has 2 fully saturated rings. The summed E-state index contributed by atoms with van der Waals surface area (Å²) in [7, 11) is 0. The number of nitrogens with zero attached hydrogens (tertiary/aromatic N) is 2. The SMILES string of the molecule is OCCC(NC1CCN(c2nccs2)CC1)C1CCCCC1. The third-order valence-electron chi connectivity index (χ3n) is 5.29. The van der Waals surface area contributed by atoms with Crippen LogP contribution in [0.25, 0.3) is 0 Å². The zero-order valence-corrected chi connectivity index (χ0v) is 14.2. The molecule has 0 bridgehead atoms. The quantitative estimate of drug-likeness (QED) is 0.845. The Kier molecular flexibility index (Phi) is 6.10. The van der Waals surface area contributed by atoms with Gasteiger partial charge < -0.3 is 15.3 Å². The number of aliphatic hydroxyl groups is 1. The predicted octanol–water partition coefficient (Wildman–Crippen LogP) is 3.03. The Labute approximate surface area is 137 Å². The molecule has 0 spiro atoms. The first-order valence-corrected chi connectivity index (χ1v) is 9.76. The largest absolute Gasteiger partial charge is 0.396 e. The number of hydrogen-bond donors (Lipinski definition) is 2. The Balaban J connectivity index is 1.49. The molecular formula is C17H29N3OS. The first-order chi connectivity index (χ1) is 10.9. The number of nitrogens with one attached hydrogen (secondary N) is 1. The first-order valence-electron chi connectivity index (χ1n) is 8.88. The van der Waals surface area contributed by atoms with Crippen LogP contribution in [0.3, 0.4) is 0 Å². The molecule has 0 amide bonds. The highest BCUT2D eigenvalue weighted by Crippen LogP contribution is 2.29. The molecule has 2 aliphatic rings. The average Bonchev–Trinajstić information content (AvgIpc) is 3.10. The van der Waals surface area contributed by atoms with E-state index >= 15 is 0 Å². The summed E-state index contributed by atoms with van der Waals surface area (Å²) in [6.07, 6.45) is 12.0. The second kappa shape index (κ2) is 8.27. The van der Waals surface area contributed by atoms with Crippen LogP contribution in [0.5, 0.6) is 0 Å². The molecule has 0 radical (unpaired) electrons. The normalized spacial score (nSPS) is 22.9. The molecule has 3 rings (SSSR count). The van der Waals surface area contributed by atoms with Crippen LogP contribution in [0.4, 0.5) is 5.13 Å². The number of thiazole rings is 1. The molecule has 4 nitrogen and oxygen atoms in total. The zero-order valence-electron chi connectivity index (χ0n) is 13.4. The Morgan fingerprint density at radius 2 is 2.00 bits per heavy atom. The second-order valence-corrected chi connectivity index (χ2v) is 7.63. The molecule has 1 atom stereocenters. The number of hydrogen-bond acceptors (Lipinski definition) is 5. The maximum absolute atomic E-state index is 9.41. The van der Waals surface area contributed by atoms with Gasteiger partial charge in [-0.05, 0) is 38.0 Å². The van der Waals surface area contributed by atoms with Gasteiger partial charge in [-0.25, -0.2) is 4.98 Å². The lowest BCUT2D eigenvalue weighted by Crippen LogP contribution is -2.49. The van der Waals surface area contributed by atoms with E-state index in [0.29, 0.717) is 18.7 Å². The summed E-state index contributed by atoms with van der Waals surface area (Å²) >= 11 is 1.74. The van der Waals surface area contributed by atoms with Crippen LogP contribution < -0.4 is 10.2 Å². The van der Waals surface area contributed by atoms with Crippen molar-refractivity contribution in [3.05, 3.63) is 11.6 Å². The highest BCUT2D eigenvalue weighted by molar-refractivity contribution is 7.13. The van der Waals surface area contributed by atoms with Crippen LogP contribution >= 0.6 is 11.3 Å². The molecule has 1 unspecified atom stereocenters. The predicted molar refractivity (Wildman–Crippen MR) is 92.6 cm³/mol. The molecule has 1 saturated heterocycles. The van der Waals surface area contributed by atoms with Gasteiger partial charge in [0.15, 0.2) is 5.13 Å². The number of aliphatic hydroxyl groups excluding tert-OH is 1.